The van der Waals surface area contributed by atoms with Crippen molar-refractivity contribution in [3.63, 3.8) is 0 Å². The molecular formula is C20H31N5. The van der Waals surface area contributed by atoms with E-state index in [2.05, 4.69) is 57.2 Å². The lowest BCUT2D eigenvalue weighted by Gasteiger charge is -2.30. The monoisotopic (exact) mass is 341 g/mol. The third-order valence-electron chi connectivity index (χ3n) is 4.78. The second-order valence-electron chi connectivity index (χ2n) is 7.53. The summed E-state index contributed by atoms with van der Waals surface area (Å²) < 4.78 is 2.08. The highest BCUT2D eigenvalue weighted by Crippen LogP contribution is 2.19. The standard InChI is InChI=1S/C20H31N5/c1-17(2)13-25-15-18(12-23-25)14-24(16-19-6-3-4-10-22-19)20-7-5-9-21-11-8-20/h3-4,6,10,12,15,17,20-21H,5,7-9,11,13-14,16H2,1-2H3/t20-/m1/s1. The summed E-state index contributed by atoms with van der Waals surface area (Å²) in [6.07, 6.45) is 9.83. The van der Waals surface area contributed by atoms with E-state index >= 15 is 0 Å². The van der Waals surface area contributed by atoms with Gasteiger partial charge in [0.25, 0.3) is 0 Å². The Kier molecular flexibility index (Phi) is 6.59. The highest BCUT2D eigenvalue weighted by atomic mass is 15.3. The van der Waals surface area contributed by atoms with Crippen molar-refractivity contribution < 1.29 is 0 Å². The summed E-state index contributed by atoms with van der Waals surface area (Å²) in [4.78, 5) is 7.13. The number of nitrogens with one attached hydrogen (secondary N) is 1. The average molecular weight is 342 g/mol. The van der Waals surface area contributed by atoms with Gasteiger partial charge in [-0.1, -0.05) is 19.9 Å². The van der Waals surface area contributed by atoms with Gasteiger partial charge in [0.2, 0.25) is 0 Å². The Balaban J connectivity index is 1.71. The fourth-order valence-electron chi connectivity index (χ4n) is 3.58. The molecule has 0 aliphatic carbocycles. The number of hydrogen-bond acceptors (Lipinski definition) is 4. The third kappa shape index (κ3) is 5.65. The molecule has 1 saturated heterocycles. The highest BCUT2D eigenvalue weighted by Gasteiger charge is 2.21. The van der Waals surface area contributed by atoms with Gasteiger partial charge in [0.1, 0.15) is 0 Å². The second-order valence-corrected chi connectivity index (χ2v) is 7.53. The van der Waals surface area contributed by atoms with Gasteiger partial charge in [-0.05, 0) is 50.4 Å². The van der Waals surface area contributed by atoms with Crippen LogP contribution in [-0.4, -0.2) is 38.8 Å². The fourth-order valence-corrected chi connectivity index (χ4v) is 3.58. The Bertz CT molecular complexity index is 614. The first-order valence-corrected chi connectivity index (χ1v) is 9.56. The highest BCUT2D eigenvalue weighted by molar-refractivity contribution is 5.07. The summed E-state index contributed by atoms with van der Waals surface area (Å²) in [5.41, 5.74) is 2.45. The molecule has 0 spiro atoms. The van der Waals surface area contributed by atoms with Gasteiger partial charge in [0.15, 0.2) is 0 Å². The van der Waals surface area contributed by atoms with Crippen LogP contribution in [0.3, 0.4) is 0 Å². The first kappa shape index (κ1) is 18.1. The van der Waals surface area contributed by atoms with Gasteiger partial charge in [-0.3, -0.25) is 14.6 Å². The van der Waals surface area contributed by atoms with E-state index in [0.29, 0.717) is 12.0 Å². The molecule has 5 heteroatoms. The van der Waals surface area contributed by atoms with Crippen LogP contribution in [-0.2, 0) is 19.6 Å². The van der Waals surface area contributed by atoms with Crippen LogP contribution >= 0.6 is 0 Å². The van der Waals surface area contributed by atoms with E-state index in [4.69, 9.17) is 0 Å². The molecule has 1 atom stereocenters. The van der Waals surface area contributed by atoms with Gasteiger partial charge in [0.05, 0.1) is 11.9 Å². The van der Waals surface area contributed by atoms with Crippen LogP contribution in [0.1, 0.15) is 44.4 Å². The van der Waals surface area contributed by atoms with Gasteiger partial charge in [0, 0.05) is 43.6 Å². The van der Waals surface area contributed by atoms with E-state index in [0.717, 1.165) is 38.4 Å². The fraction of sp³-hybridized carbons (Fsp3) is 0.600. The first-order valence-electron chi connectivity index (χ1n) is 9.56. The lowest BCUT2D eigenvalue weighted by molar-refractivity contribution is 0.162. The maximum Gasteiger partial charge on any atom is 0.0544 e. The van der Waals surface area contributed by atoms with Crippen molar-refractivity contribution in [3.05, 3.63) is 48.0 Å². The molecule has 3 heterocycles. The molecule has 0 bridgehead atoms. The number of pyridine rings is 1. The largest absolute Gasteiger partial charge is 0.317 e. The maximum absolute atomic E-state index is 4.54. The van der Waals surface area contributed by atoms with E-state index in [1.807, 2.05) is 18.5 Å². The van der Waals surface area contributed by atoms with Gasteiger partial charge in [-0.2, -0.15) is 5.10 Å². The van der Waals surface area contributed by atoms with Crippen LogP contribution in [0.15, 0.2) is 36.8 Å². The number of rotatable bonds is 7. The Morgan fingerprint density at radius 3 is 2.96 bits per heavy atom. The van der Waals surface area contributed by atoms with Gasteiger partial charge < -0.3 is 5.32 Å². The number of nitrogens with zero attached hydrogens (tertiary/aromatic N) is 4. The summed E-state index contributed by atoms with van der Waals surface area (Å²) in [5, 5.41) is 8.07. The molecule has 0 aromatic carbocycles. The minimum Gasteiger partial charge on any atom is -0.317 e. The van der Waals surface area contributed by atoms with E-state index < -0.39 is 0 Å². The van der Waals surface area contributed by atoms with Crippen LogP contribution in [0, 0.1) is 5.92 Å². The summed E-state index contributed by atoms with van der Waals surface area (Å²) in [7, 11) is 0. The van der Waals surface area contributed by atoms with Crippen LogP contribution in [0.25, 0.3) is 0 Å². The molecule has 0 amide bonds. The number of hydrogen-bond donors (Lipinski definition) is 1. The molecule has 0 saturated carbocycles. The summed E-state index contributed by atoms with van der Waals surface area (Å²) in [6.45, 7) is 9.53. The molecule has 25 heavy (non-hydrogen) atoms. The molecule has 2 aromatic heterocycles. The van der Waals surface area contributed by atoms with Crippen molar-refractivity contribution in [2.75, 3.05) is 13.1 Å². The summed E-state index contributed by atoms with van der Waals surface area (Å²) in [5.74, 6) is 0.616. The molecular weight excluding hydrogens is 310 g/mol. The Morgan fingerprint density at radius 2 is 2.16 bits per heavy atom. The molecule has 3 rings (SSSR count). The van der Waals surface area contributed by atoms with E-state index in [1.165, 1.54) is 24.8 Å². The van der Waals surface area contributed by atoms with Crippen molar-refractivity contribution in [1.29, 1.82) is 0 Å². The van der Waals surface area contributed by atoms with Crippen molar-refractivity contribution in [3.8, 4) is 0 Å². The molecule has 1 fully saturated rings. The third-order valence-corrected chi connectivity index (χ3v) is 4.78. The van der Waals surface area contributed by atoms with Gasteiger partial charge in [-0.15, -0.1) is 0 Å². The molecule has 5 nitrogen and oxygen atoms in total. The predicted octanol–water partition coefficient (Wildman–Crippen LogP) is 3.08. The van der Waals surface area contributed by atoms with Crippen molar-refractivity contribution in [2.45, 2.75) is 58.8 Å². The van der Waals surface area contributed by atoms with E-state index in [-0.39, 0.29) is 0 Å². The van der Waals surface area contributed by atoms with Gasteiger partial charge in [-0.25, -0.2) is 0 Å². The Labute approximate surface area is 151 Å². The molecule has 0 unspecified atom stereocenters. The van der Waals surface area contributed by atoms with Crippen molar-refractivity contribution >= 4 is 0 Å². The number of aromatic nitrogens is 3. The van der Waals surface area contributed by atoms with Crippen LogP contribution in [0.4, 0.5) is 0 Å². The topological polar surface area (TPSA) is 46.0 Å². The molecule has 1 aliphatic heterocycles. The lowest BCUT2D eigenvalue weighted by atomic mass is 10.1. The Morgan fingerprint density at radius 1 is 1.24 bits per heavy atom. The zero-order valence-electron chi connectivity index (χ0n) is 15.6. The molecule has 0 radical (unpaired) electrons. The zero-order valence-corrected chi connectivity index (χ0v) is 15.6. The van der Waals surface area contributed by atoms with Crippen LogP contribution in [0.2, 0.25) is 0 Å². The molecule has 1 N–H and O–H groups in total. The molecule has 2 aromatic rings. The first-order chi connectivity index (χ1) is 12.2. The van der Waals surface area contributed by atoms with Gasteiger partial charge >= 0.3 is 0 Å². The van der Waals surface area contributed by atoms with Crippen molar-refractivity contribution in [2.24, 2.45) is 5.92 Å². The molecule has 1 aliphatic rings. The summed E-state index contributed by atoms with van der Waals surface area (Å²) in [6, 6.07) is 6.80. The lowest BCUT2D eigenvalue weighted by Crippen LogP contribution is -2.35. The molecule has 136 valence electrons. The van der Waals surface area contributed by atoms with Crippen molar-refractivity contribution in [1.82, 2.24) is 25.0 Å². The smallest absolute Gasteiger partial charge is 0.0544 e. The summed E-state index contributed by atoms with van der Waals surface area (Å²) >= 11 is 0. The second kappa shape index (κ2) is 9.11. The van der Waals surface area contributed by atoms with Crippen LogP contribution in [0.5, 0.6) is 0 Å². The average Bonchev–Trinajstić information content (AvgIpc) is 2.85. The zero-order chi connectivity index (χ0) is 17.5. The Hall–Kier alpha value is -1.72. The van der Waals surface area contributed by atoms with E-state index in [9.17, 15) is 0 Å². The maximum atomic E-state index is 4.54. The SMILES string of the molecule is CC(C)Cn1cc(CN(Cc2ccccn2)[C@@H]2CCCNCC2)cn1. The predicted molar refractivity (Wildman–Crippen MR) is 101 cm³/mol. The minimum atomic E-state index is 0.602. The normalized spacial score (nSPS) is 18.6. The minimum absolute atomic E-state index is 0.602. The quantitative estimate of drug-likeness (QED) is 0.841. The van der Waals surface area contributed by atoms with E-state index in [1.54, 1.807) is 0 Å². The van der Waals surface area contributed by atoms with Crippen LogP contribution < -0.4 is 5.32 Å².